The van der Waals surface area contributed by atoms with E-state index in [0.717, 1.165) is 56.9 Å². The van der Waals surface area contributed by atoms with Gasteiger partial charge in [-0.2, -0.15) is 5.26 Å². The van der Waals surface area contributed by atoms with Gasteiger partial charge in [0.1, 0.15) is 11.9 Å². The number of hydrogen-bond acceptors (Lipinski definition) is 5. The molecule has 0 aliphatic carbocycles. The maximum atomic E-state index is 9.40. The van der Waals surface area contributed by atoms with Crippen LogP contribution in [0, 0.1) is 11.3 Å². The van der Waals surface area contributed by atoms with Gasteiger partial charge in [0.05, 0.1) is 18.8 Å². The van der Waals surface area contributed by atoms with Crippen molar-refractivity contribution in [2.45, 2.75) is 6.42 Å². The maximum Gasteiger partial charge on any atom is 0.143 e. The van der Waals surface area contributed by atoms with Gasteiger partial charge in [-0.3, -0.25) is 4.90 Å². The molecule has 0 unspecified atom stereocenters. The molecule has 0 amide bonds. The Balaban J connectivity index is 1.56. The molecule has 124 valence electrons. The third-order valence-corrected chi connectivity index (χ3v) is 4.16. The molecule has 1 N–H and O–H groups in total. The Hall–Kier alpha value is -2.42. The Morgan fingerprint density at radius 1 is 1.17 bits per heavy atom. The lowest BCUT2D eigenvalue weighted by Crippen LogP contribution is -2.37. The number of rotatable bonds is 6. The maximum absolute atomic E-state index is 9.40. The summed E-state index contributed by atoms with van der Waals surface area (Å²) in [5.74, 6) is 0.666. The molecule has 0 bridgehead atoms. The van der Waals surface area contributed by atoms with Crippen LogP contribution in [-0.2, 0) is 4.74 Å². The average Bonchev–Trinajstić information content (AvgIpc) is 2.67. The van der Waals surface area contributed by atoms with E-state index in [-0.39, 0.29) is 0 Å². The summed E-state index contributed by atoms with van der Waals surface area (Å²) < 4.78 is 5.35. The van der Waals surface area contributed by atoms with Gasteiger partial charge in [-0.15, -0.1) is 0 Å². The number of ether oxygens (including phenoxy) is 1. The highest BCUT2D eigenvalue weighted by atomic mass is 16.5. The Kier molecular flexibility index (Phi) is 5.78. The van der Waals surface area contributed by atoms with Gasteiger partial charge in [0, 0.05) is 31.4 Å². The van der Waals surface area contributed by atoms with E-state index >= 15 is 0 Å². The lowest BCUT2D eigenvalue weighted by Gasteiger charge is -2.26. The van der Waals surface area contributed by atoms with Gasteiger partial charge in [0.25, 0.3) is 0 Å². The minimum atomic E-state index is 0.586. The zero-order chi connectivity index (χ0) is 16.6. The largest absolute Gasteiger partial charge is 0.379 e. The van der Waals surface area contributed by atoms with Gasteiger partial charge in [0.15, 0.2) is 0 Å². The van der Waals surface area contributed by atoms with E-state index in [1.165, 1.54) is 0 Å². The topological polar surface area (TPSA) is 61.2 Å². The standard InChI is InChI=1S/C19H22N4O/c20-14-17-13-18(16-5-2-1-3-6-16)15-22-19(17)21-7-4-8-23-9-11-24-12-10-23/h1-3,5-6,13,15H,4,7-12H2,(H,21,22). The molecule has 0 spiro atoms. The van der Waals surface area contributed by atoms with Crippen molar-refractivity contribution < 1.29 is 4.74 Å². The zero-order valence-corrected chi connectivity index (χ0v) is 13.7. The van der Waals surface area contributed by atoms with E-state index in [0.29, 0.717) is 11.4 Å². The van der Waals surface area contributed by atoms with Crippen molar-refractivity contribution >= 4 is 5.82 Å². The van der Waals surface area contributed by atoms with Crippen LogP contribution in [0.5, 0.6) is 0 Å². The van der Waals surface area contributed by atoms with E-state index in [2.05, 4.69) is 21.3 Å². The molecule has 1 fully saturated rings. The summed E-state index contributed by atoms with van der Waals surface area (Å²) in [7, 11) is 0. The first kappa shape index (κ1) is 16.4. The third-order valence-electron chi connectivity index (χ3n) is 4.16. The zero-order valence-electron chi connectivity index (χ0n) is 13.7. The molecule has 5 nitrogen and oxygen atoms in total. The van der Waals surface area contributed by atoms with Crippen LogP contribution >= 0.6 is 0 Å². The lowest BCUT2D eigenvalue weighted by atomic mass is 10.1. The van der Waals surface area contributed by atoms with Crippen molar-refractivity contribution in [3.8, 4) is 17.2 Å². The molecular formula is C19H22N4O. The highest BCUT2D eigenvalue weighted by Gasteiger charge is 2.10. The highest BCUT2D eigenvalue weighted by molar-refractivity contribution is 5.67. The third kappa shape index (κ3) is 4.31. The molecule has 0 saturated carbocycles. The molecule has 2 aromatic rings. The summed E-state index contributed by atoms with van der Waals surface area (Å²) in [6, 6.07) is 14.1. The van der Waals surface area contributed by atoms with Gasteiger partial charge >= 0.3 is 0 Å². The van der Waals surface area contributed by atoms with Crippen LogP contribution in [0.15, 0.2) is 42.6 Å². The van der Waals surface area contributed by atoms with E-state index < -0.39 is 0 Å². The first-order valence-corrected chi connectivity index (χ1v) is 8.36. The summed E-state index contributed by atoms with van der Waals surface area (Å²) in [5.41, 5.74) is 2.62. The lowest BCUT2D eigenvalue weighted by molar-refractivity contribution is 0.0378. The van der Waals surface area contributed by atoms with Gasteiger partial charge < -0.3 is 10.1 Å². The summed E-state index contributed by atoms with van der Waals surface area (Å²) >= 11 is 0. The highest BCUT2D eigenvalue weighted by Crippen LogP contribution is 2.22. The second-order valence-corrected chi connectivity index (χ2v) is 5.83. The Bertz CT molecular complexity index is 690. The van der Waals surface area contributed by atoms with Crippen molar-refractivity contribution in [3.05, 3.63) is 48.2 Å². The quantitative estimate of drug-likeness (QED) is 0.829. The average molecular weight is 322 g/mol. The number of anilines is 1. The second-order valence-electron chi connectivity index (χ2n) is 5.83. The molecule has 1 aliphatic rings. The van der Waals surface area contributed by atoms with Gasteiger partial charge in [-0.25, -0.2) is 4.98 Å². The molecule has 5 heteroatoms. The molecule has 0 radical (unpaired) electrons. The van der Waals surface area contributed by atoms with Crippen LogP contribution in [0.3, 0.4) is 0 Å². The fraction of sp³-hybridized carbons (Fsp3) is 0.368. The van der Waals surface area contributed by atoms with Crippen LogP contribution in [0.2, 0.25) is 0 Å². The molecule has 1 saturated heterocycles. The molecular weight excluding hydrogens is 300 g/mol. The van der Waals surface area contributed by atoms with Crippen molar-refractivity contribution in [2.24, 2.45) is 0 Å². The molecule has 1 aromatic heterocycles. The second kappa shape index (κ2) is 8.44. The number of aromatic nitrogens is 1. The van der Waals surface area contributed by atoms with Crippen molar-refractivity contribution in [2.75, 3.05) is 44.7 Å². The number of morpholine rings is 1. The van der Waals surface area contributed by atoms with Crippen LogP contribution < -0.4 is 5.32 Å². The van der Waals surface area contributed by atoms with Gasteiger partial charge in [-0.05, 0) is 24.6 Å². The molecule has 1 aliphatic heterocycles. The predicted molar refractivity (Wildman–Crippen MR) is 94.8 cm³/mol. The molecule has 2 heterocycles. The van der Waals surface area contributed by atoms with Crippen molar-refractivity contribution in [1.82, 2.24) is 9.88 Å². The first-order valence-electron chi connectivity index (χ1n) is 8.36. The van der Waals surface area contributed by atoms with Crippen molar-refractivity contribution in [1.29, 1.82) is 5.26 Å². The van der Waals surface area contributed by atoms with E-state index in [1.807, 2.05) is 42.6 Å². The minimum Gasteiger partial charge on any atom is -0.379 e. The molecule has 3 rings (SSSR count). The van der Waals surface area contributed by atoms with Gasteiger partial charge in [-0.1, -0.05) is 30.3 Å². The number of hydrogen-bond donors (Lipinski definition) is 1. The molecule has 24 heavy (non-hydrogen) atoms. The van der Waals surface area contributed by atoms with Crippen molar-refractivity contribution in [3.63, 3.8) is 0 Å². The van der Waals surface area contributed by atoms with E-state index in [4.69, 9.17) is 4.74 Å². The molecule has 0 atom stereocenters. The Morgan fingerprint density at radius 3 is 2.71 bits per heavy atom. The number of nitrogens with one attached hydrogen (secondary N) is 1. The number of nitrogens with zero attached hydrogens (tertiary/aromatic N) is 3. The number of pyridine rings is 1. The SMILES string of the molecule is N#Cc1cc(-c2ccccc2)cnc1NCCCN1CCOCC1. The van der Waals surface area contributed by atoms with Crippen LogP contribution in [-0.4, -0.2) is 49.3 Å². The smallest absolute Gasteiger partial charge is 0.143 e. The Labute approximate surface area is 142 Å². The molecule has 1 aromatic carbocycles. The Morgan fingerprint density at radius 2 is 1.96 bits per heavy atom. The monoisotopic (exact) mass is 322 g/mol. The summed E-state index contributed by atoms with van der Waals surface area (Å²) in [5, 5.41) is 12.7. The number of benzene rings is 1. The normalized spacial score (nSPS) is 15.0. The minimum absolute atomic E-state index is 0.586. The van der Waals surface area contributed by atoms with E-state index in [9.17, 15) is 5.26 Å². The van der Waals surface area contributed by atoms with E-state index in [1.54, 1.807) is 0 Å². The van der Waals surface area contributed by atoms with Crippen LogP contribution in [0.1, 0.15) is 12.0 Å². The fourth-order valence-corrected chi connectivity index (χ4v) is 2.81. The van der Waals surface area contributed by atoms with Crippen LogP contribution in [0.25, 0.3) is 11.1 Å². The predicted octanol–water partition coefficient (Wildman–Crippen LogP) is 2.75. The summed E-state index contributed by atoms with van der Waals surface area (Å²) in [4.78, 5) is 6.85. The summed E-state index contributed by atoms with van der Waals surface area (Å²) in [6.07, 6.45) is 2.84. The fourth-order valence-electron chi connectivity index (χ4n) is 2.81. The number of nitriles is 1. The first-order chi connectivity index (χ1) is 11.9. The van der Waals surface area contributed by atoms with Gasteiger partial charge in [0.2, 0.25) is 0 Å². The van der Waals surface area contributed by atoms with Crippen LogP contribution in [0.4, 0.5) is 5.82 Å². The summed E-state index contributed by atoms with van der Waals surface area (Å²) in [6.45, 7) is 5.52.